The van der Waals surface area contributed by atoms with E-state index in [9.17, 15) is 10.1 Å². The van der Waals surface area contributed by atoms with Crippen LogP contribution in [-0.4, -0.2) is 5.97 Å². The van der Waals surface area contributed by atoms with Gasteiger partial charge in [0.25, 0.3) is 0 Å². The van der Waals surface area contributed by atoms with E-state index in [-0.39, 0.29) is 34.4 Å². The van der Waals surface area contributed by atoms with Crippen LogP contribution in [0.5, 0.6) is 17.2 Å². The Morgan fingerprint density at radius 2 is 1.55 bits per heavy atom. The summed E-state index contributed by atoms with van der Waals surface area (Å²) in [6.07, 6.45) is 0. The predicted octanol–water partition coefficient (Wildman–Crippen LogP) is 8.32. The predicted molar refractivity (Wildman–Crippen MR) is 154 cm³/mol. The molecule has 0 radical (unpaired) electrons. The van der Waals surface area contributed by atoms with Crippen molar-refractivity contribution in [1.29, 1.82) is 5.26 Å². The molecule has 0 bridgehead atoms. The summed E-state index contributed by atoms with van der Waals surface area (Å²) in [6, 6.07) is 24.0. The minimum absolute atomic E-state index is 0.0399. The molecule has 0 aliphatic carbocycles. The maximum absolute atomic E-state index is 12.7. The summed E-state index contributed by atoms with van der Waals surface area (Å²) in [5.41, 5.74) is 8.81. The fourth-order valence-electron chi connectivity index (χ4n) is 4.22. The van der Waals surface area contributed by atoms with E-state index in [0.717, 1.165) is 11.1 Å². The number of carbonyl (C=O) groups is 1. The number of benzene rings is 4. The summed E-state index contributed by atoms with van der Waals surface area (Å²) in [5.74, 6) is -0.0322. The molecule has 1 aliphatic rings. The van der Waals surface area contributed by atoms with E-state index in [4.69, 9.17) is 66.3 Å². The van der Waals surface area contributed by atoms with Crippen LogP contribution in [0.2, 0.25) is 20.1 Å². The maximum atomic E-state index is 12.7. The van der Waals surface area contributed by atoms with Crippen molar-refractivity contribution in [3.8, 4) is 23.3 Å². The molecule has 1 unspecified atom stereocenters. The van der Waals surface area contributed by atoms with E-state index in [2.05, 4.69) is 6.07 Å². The summed E-state index contributed by atoms with van der Waals surface area (Å²) in [5, 5.41) is 11.5. The smallest absolute Gasteiger partial charge is 0.345 e. The lowest BCUT2D eigenvalue weighted by molar-refractivity contribution is 0.0734. The Labute approximate surface area is 250 Å². The molecule has 40 heavy (non-hydrogen) atoms. The molecular weight excluding hydrogens is 594 g/mol. The lowest BCUT2D eigenvalue weighted by Crippen LogP contribution is -2.21. The van der Waals surface area contributed by atoms with Crippen LogP contribution in [0.25, 0.3) is 0 Å². The molecule has 6 nitrogen and oxygen atoms in total. The first-order chi connectivity index (χ1) is 19.2. The van der Waals surface area contributed by atoms with Crippen molar-refractivity contribution in [2.24, 2.45) is 5.73 Å². The zero-order chi connectivity index (χ0) is 28.4. The maximum Gasteiger partial charge on any atom is 0.345 e. The quantitative estimate of drug-likeness (QED) is 0.174. The van der Waals surface area contributed by atoms with Crippen molar-refractivity contribution < 1.29 is 19.0 Å². The lowest BCUT2D eigenvalue weighted by Gasteiger charge is -2.27. The molecule has 2 N–H and O–H groups in total. The Balaban J connectivity index is 1.38. The fourth-order valence-corrected chi connectivity index (χ4v) is 5.16. The van der Waals surface area contributed by atoms with E-state index < -0.39 is 11.9 Å². The van der Waals surface area contributed by atoms with Gasteiger partial charge in [-0.2, -0.15) is 5.26 Å². The van der Waals surface area contributed by atoms with Crippen molar-refractivity contribution in [3.05, 3.63) is 133 Å². The largest absolute Gasteiger partial charge is 0.489 e. The number of fused-ring (bicyclic) bond motifs is 1. The molecule has 0 aromatic heterocycles. The number of esters is 1. The minimum Gasteiger partial charge on any atom is -0.489 e. The van der Waals surface area contributed by atoms with Gasteiger partial charge in [0.1, 0.15) is 35.5 Å². The number of ether oxygens (including phenoxy) is 3. The number of hydrogen-bond donors (Lipinski definition) is 1. The third kappa shape index (κ3) is 5.84. The van der Waals surface area contributed by atoms with Crippen molar-refractivity contribution in [2.45, 2.75) is 12.5 Å². The van der Waals surface area contributed by atoms with Crippen LogP contribution in [0, 0.1) is 11.3 Å². The molecule has 200 valence electrons. The van der Waals surface area contributed by atoms with Gasteiger partial charge in [0.2, 0.25) is 5.88 Å². The van der Waals surface area contributed by atoms with Gasteiger partial charge in [-0.15, -0.1) is 0 Å². The highest BCUT2D eigenvalue weighted by Gasteiger charge is 2.31. The topological polar surface area (TPSA) is 94.6 Å². The number of hydrogen-bond acceptors (Lipinski definition) is 6. The van der Waals surface area contributed by atoms with E-state index in [1.807, 2.05) is 12.1 Å². The number of nitriles is 1. The van der Waals surface area contributed by atoms with Crippen LogP contribution >= 0.6 is 46.4 Å². The van der Waals surface area contributed by atoms with E-state index in [1.165, 1.54) is 12.1 Å². The summed E-state index contributed by atoms with van der Waals surface area (Å²) < 4.78 is 17.1. The van der Waals surface area contributed by atoms with Crippen LogP contribution in [-0.2, 0) is 6.61 Å². The number of nitrogens with zero attached hydrogens (tertiary/aromatic N) is 1. The monoisotopic (exact) mass is 610 g/mol. The number of nitrogens with two attached hydrogens (primary N) is 1. The van der Waals surface area contributed by atoms with Crippen molar-refractivity contribution in [2.75, 3.05) is 0 Å². The van der Waals surface area contributed by atoms with Gasteiger partial charge in [0, 0.05) is 32.3 Å². The second-order valence-corrected chi connectivity index (χ2v) is 10.4. The van der Waals surface area contributed by atoms with Gasteiger partial charge in [-0.25, -0.2) is 4.79 Å². The van der Waals surface area contributed by atoms with E-state index >= 15 is 0 Å². The molecule has 1 heterocycles. The van der Waals surface area contributed by atoms with Gasteiger partial charge in [-0.1, -0.05) is 70.7 Å². The molecule has 5 rings (SSSR count). The Hall–Kier alpha value is -3.86. The van der Waals surface area contributed by atoms with Gasteiger partial charge in [0.05, 0.1) is 16.5 Å². The highest BCUT2D eigenvalue weighted by Crippen LogP contribution is 2.44. The van der Waals surface area contributed by atoms with Crippen LogP contribution < -0.4 is 19.9 Å². The normalized spacial score (nSPS) is 14.1. The summed E-state index contributed by atoms with van der Waals surface area (Å²) >= 11 is 24.2. The Morgan fingerprint density at radius 1 is 0.875 bits per heavy atom. The third-order valence-corrected chi connectivity index (χ3v) is 7.31. The highest BCUT2D eigenvalue weighted by molar-refractivity contribution is 6.36. The summed E-state index contributed by atoms with van der Waals surface area (Å²) in [7, 11) is 0. The molecule has 0 amide bonds. The lowest BCUT2D eigenvalue weighted by atomic mass is 9.83. The van der Waals surface area contributed by atoms with Crippen molar-refractivity contribution in [1.82, 2.24) is 0 Å². The molecule has 10 heteroatoms. The van der Waals surface area contributed by atoms with Crippen LogP contribution in [0.1, 0.15) is 33.0 Å². The first kappa shape index (κ1) is 27.7. The molecule has 0 spiro atoms. The molecule has 1 atom stereocenters. The third-order valence-electron chi connectivity index (χ3n) is 6.18. The fraction of sp³-hybridized carbons (Fsp3) is 0.0667. The Kier molecular flexibility index (Phi) is 8.11. The highest BCUT2D eigenvalue weighted by atomic mass is 35.5. The zero-order valence-electron chi connectivity index (χ0n) is 20.5. The number of carbonyl (C=O) groups excluding carboxylic acids is 1. The van der Waals surface area contributed by atoms with E-state index in [0.29, 0.717) is 32.1 Å². The van der Waals surface area contributed by atoms with Gasteiger partial charge >= 0.3 is 5.97 Å². The van der Waals surface area contributed by atoms with Crippen LogP contribution in [0.3, 0.4) is 0 Å². The number of rotatable bonds is 6. The molecule has 0 fully saturated rings. The van der Waals surface area contributed by atoms with E-state index in [1.54, 1.807) is 54.6 Å². The Bertz CT molecular complexity index is 1700. The molecule has 4 aromatic rings. The standard InChI is InChI=1S/C30H18Cl4N2O4/c31-18-4-1-17(25(33)11-18)15-38-20-6-2-16(3-7-20)28-23-10-8-21(13-27(23)40-29(36)24(28)14-35)39-30(37)22-9-5-19(32)12-26(22)34/h1-13,28H,15,36H2. The van der Waals surface area contributed by atoms with Gasteiger partial charge in [-0.3, -0.25) is 0 Å². The number of allylic oxidation sites excluding steroid dienone is 1. The van der Waals surface area contributed by atoms with Gasteiger partial charge < -0.3 is 19.9 Å². The van der Waals surface area contributed by atoms with Gasteiger partial charge in [0.15, 0.2) is 0 Å². The molecule has 1 aliphatic heterocycles. The second-order valence-electron chi connectivity index (χ2n) is 8.73. The van der Waals surface area contributed by atoms with Crippen LogP contribution in [0.4, 0.5) is 0 Å². The minimum atomic E-state index is -0.661. The molecular formula is C30H18Cl4N2O4. The summed E-state index contributed by atoms with van der Waals surface area (Å²) in [4.78, 5) is 12.7. The molecule has 0 saturated heterocycles. The Morgan fingerprint density at radius 3 is 2.23 bits per heavy atom. The first-order valence-electron chi connectivity index (χ1n) is 11.8. The number of halogens is 4. The molecule has 4 aromatic carbocycles. The zero-order valence-corrected chi connectivity index (χ0v) is 23.5. The average molecular weight is 612 g/mol. The average Bonchev–Trinajstić information content (AvgIpc) is 2.92. The second kappa shape index (κ2) is 11.7. The van der Waals surface area contributed by atoms with Gasteiger partial charge in [-0.05, 0) is 54.1 Å². The SMILES string of the molecule is N#CC1=C(N)Oc2cc(OC(=O)c3ccc(Cl)cc3Cl)ccc2C1c1ccc(OCc2ccc(Cl)cc2Cl)cc1. The first-order valence-corrected chi connectivity index (χ1v) is 13.3. The van der Waals surface area contributed by atoms with Crippen molar-refractivity contribution >= 4 is 52.4 Å². The molecule has 0 saturated carbocycles. The van der Waals surface area contributed by atoms with Crippen LogP contribution in [0.15, 0.2) is 90.3 Å². The summed E-state index contributed by atoms with van der Waals surface area (Å²) in [6.45, 7) is 0.258. The van der Waals surface area contributed by atoms with Crippen molar-refractivity contribution in [3.63, 3.8) is 0 Å².